The fourth-order valence-electron chi connectivity index (χ4n) is 3.95. The van der Waals surface area contributed by atoms with Crippen LogP contribution in [0.5, 0.6) is 5.75 Å². The Morgan fingerprint density at radius 2 is 1.48 bits per heavy atom. The van der Waals surface area contributed by atoms with Crippen LogP contribution in [0.2, 0.25) is 0 Å². The molecule has 160 valence electrons. The molecular weight excluding hydrogens is 386 g/mol. The Hall–Kier alpha value is -3.31. The molecule has 1 aliphatic heterocycles. The Morgan fingerprint density at radius 3 is 2.16 bits per heavy atom. The molecule has 0 unspecified atom stereocenters. The number of carbonyl (C=O) groups is 1. The maximum Gasteiger partial charge on any atom is 0.251 e. The molecule has 0 aliphatic carbocycles. The summed E-state index contributed by atoms with van der Waals surface area (Å²) in [4.78, 5) is 17.5. The normalized spacial score (nSPS) is 14.3. The summed E-state index contributed by atoms with van der Waals surface area (Å²) >= 11 is 0. The number of hydrogen-bond donors (Lipinski definition) is 1. The minimum atomic E-state index is -0.0751. The smallest absolute Gasteiger partial charge is 0.251 e. The predicted molar refractivity (Wildman–Crippen MR) is 125 cm³/mol. The summed E-state index contributed by atoms with van der Waals surface area (Å²) in [6.45, 7) is 5.53. The van der Waals surface area contributed by atoms with Crippen LogP contribution in [0.15, 0.2) is 78.9 Å². The van der Waals surface area contributed by atoms with Crippen LogP contribution in [0.3, 0.4) is 0 Å². The highest BCUT2D eigenvalue weighted by atomic mass is 16.5. The Kier molecular flexibility index (Phi) is 6.85. The number of methoxy groups -OCH3 is 1. The van der Waals surface area contributed by atoms with Gasteiger partial charge in [-0.3, -0.25) is 9.69 Å². The summed E-state index contributed by atoms with van der Waals surface area (Å²) in [5, 5.41) is 3.05. The number of benzene rings is 3. The maximum atomic E-state index is 12.5. The Bertz CT molecular complexity index is 981. The van der Waals surface area contributed by atoms with E-state index in [9.17, 15) is 4.79 Å². The zero-order valence-corrected chi connectivity index (χ0v) is 18.0. The highest BCUT2D eigenvalue weighted by Crippen LogP contribution is 2.18. The van der Waals surface area contributed by atoms with E-state index in [-0.39, 0.29) is 5.91 Å². The second-order valence-corrected chi connectivity index (χ2v) is 7.78. The lowest BCUT2D eigenvalue weighted by molar-refractivity contribution is 0.0950. The minimum absolute atomic E-state index is 0.0751. The Balaban J connectivity index is 1.33. The molecule has 0 atom stereocenters. The van der Waals surface area contributed by atoms with Crippen molar-refractivity contribution in [3.63, 3.8) is 0 Å². The number of nitrogens with zero attached hydrogens (tertiary/aromatic N) is 2. The number of nitrogens with one attached hydrogen (secondary N) is 1. The summed E-state index contributed by atoms with van der Waals surface area (Å²) in [6, 6.07) is 26.2. The predicted octanol–water partition coefficient (Wildman–Crippen LogP) is 3.95. The van der Waals surface area contributed by atoms with Gasteiger partial charge in [0.25, 0.3) is 5.91 Å². The molecule has 1 saturated heterocycles. The third kappa shape index (κ3) is 5.44. The number of rotatable bonds is 7. The van der Waals surface area contributed by atoms with Gasteiger partial charge in [-0.25, -0.2) is 0 Å². The fraction of sp³-hybridized carbons (Fsp3) is 0.269. The molecule has 4 rings (SSSR count). The first-order chi connectivity index (χ1) is 15.2. The fourth-order valence-corrected chi connectivity index (χ4v) is 3.95. The summed E-state index contributed by atoms with van der Waals surface area (Å²) in [6.07, 6.45) is 0. The molecule has 3 aromatic carbocycles. The van der Waals surface area contributed by atoms with Crippen molar-refractivity contribution in [1.29, 1.82) is 0 Å². The van der Waals surface area contributed by atoms with E-state index in [1.807, 2.05) is 6.07 Å². The van der Waals surface area contributed by atoms with E-state index in [2.05, 4.69) is 63.6 Å². The second kappa shape index (κ2) is 10.1. The van der Waals surface area contributed by atoms with Gasteiger partial charge in [-0.2, -0.15) is 0 Å². The monoisotopic (exact) mass is 415 g/mol. The number of piperazine rings is 1. The third-order valence-corrected chi connectivity index (χ3v) is 5.80. The second-order valence-electron chi connectivity index (χ2n) is 7.78. The minimum Gasteiger partial charge on any atom is -0.497 e. The van der Waals surface area contributed by atoms with Crippen LogP contribution in [0.25, 0.3) is 0 Å². The molecule has 1 fully saturated rings. The summed E-state index contributed by atoms with van der Waals surface area (Å²) in [7, 11) is 1.62. The molecule has 0 saturated carbocycles. The molecule has 5 heteroatoms. The van der Waals surface area contributed by atoms with Gasteiger partial charge in [0.05, 0.1) is 7.11 Å². The highest BCUT2D eigenvalue weighted by molar-refractivity contribution is 5.94. The number of anilines is 1. The van der Waals surface area contributed by atoms with Gasteiger partial charge < -0.3 is 15.0 Å². The van der Waals surface area contributed by atoms with Crippen LogP contribution in [0.1, 0.15) is 21.5 Å². The van der Waals surface area contributed by atoms with Crippen molar-refractivity contribution < 1.29 is 9.53 Å². The van der Waals surface area contributed by atoms with Gasteiger partial charge in [0, 0.05) is 50.5 Å². The van der Waals surface area contributed by atoms with Gasteiger partial charge in [0.15, 0.2) is 0 Å². The average Bonchev–Trinajstić information content (AvgIpc) is 2.84. The van der Waals surface area contributed by atoms with E-state index in [0.717, 1.165) is 44.0 Å². The van der Waals surface area contributed by atoms with Crippen molar-refractivity contribution in [2.75, 3.05) is 38.2 Å². The molecule has 1 aliphatic rings. The van der Waals surface area contributed by atoms with Gasteiger partial charge in [-0.1, -0.05) is 42.5 Å². The summed E-state index contributed by atoms with van der Waals surface area (Å²) in [5.74, 6) is 0.670. The standard InChI is InChI=1S/C26H29N3O2/c1-31-25-13-11-21(12-14-25)26(30)27-19-22-7-5-6-8-23(22)20-28-15-17-29(18-16-28)24-9-3-2-4-10-24/h2-14H,15-20H2,1H3,(H,27,30). The van der Waals surface area contributed by atoms with Crippen molar-refractivity contribution in [1.82, 2.24) is 10.2 Å². The van der Waals surface area contributed by atoms with Crippen LogP contribution >= 0.6 is 0 Å². The molecule has 0 radical (unpaired) electrons. The molecule has 31 heavy (non-hydrogen) atoms. The van der Waals surface area contributed by atoms with Crippen LogP contribution in [-0.2, 0) is 13.1 Å². The molecule has 1 heterocycles. The molecular formula is C26H29N3O2. The quantitative estimate of drug-likeness (QED) is 0.635. The summed E-state index contributed by atoms with van der Waals surface area (Å²) < 4.78 is 5.16. The van der Waals surface area contributed by atoms with Crippen molar-refractivity contribution in [2.24, 2.45) is 0 Å². The largest absolute Gasteiger partial charge is 0.497 e. The molecule has 0 spiro atoms. The van der Waals surface area contributed by atoms with Gasteiger partial charge in [-0.15, -0.1) is 0 Å². The van der Waals surface area contributed by atoms with E-state index in [4.69, 9.17) is 4.74 Å². The molecule has 1 amide bonds. The third-order valence-electron chi connectivity index (χ3n) is 5.80. The molecule has 1 N–H and O–H groups in total. The number of para-hydroxylation sites is 1. The van der Waals surface area contributed by atoms with Crippen molar-refractivity contribution in [2.45, 2.75) is 13.1 Å². The van der Waals surface area contributed by atoms with Gasteiger partial charge in [0.1, 0.15) is 5.75 Å². The van der Waals surface area contributed by atoms with Crippen molar-refractivity contribution >= 4 is 11.6 Å². The average molecular weight is 416 g/mol. The van der Waals surface area contributed by atoms with E-state index in [0.29, 0.717) is 12.1 Å². The van der Waals surface area contributed by atoms with Gasteiger partial charge in [-0.05, 0) is 47.5 Å². The zero-order valence-electron chi connectivity index (χ0n) is 18.0. The van der Waals surface area contributed by atoms with Crippen LogP contribution in [-0.4, -0.2) is 44.1 Å². The molecule has 5 nitrogen and oxygen atoms in total. The number of ether oxygens (including phenoxy) is 1. The highest BCUT2D eigenvalue weighted by Gasteiger charge is 2.18. The van der Waals surface area contributed by atoms with E-state index < -0.39 is 0 Å². The lowest BCUT2D eigenvalue weighted by atomic mass is 10.1. The first-order valence-electron chi connectivity index (χ1n) is 10.7. The number of hydrogen-bond acceptors (Lipinski definition) is 4. The van der Waals surface area contributed by atoms with Crippen molar-refractivity contribution in [3.05, 3.63) is 95.6 Å². The topological polar surface area (TPSA) is 44.8 Å². The number of carbonyl (C=O) groups excluding carboxylic acids is 1. The first kappa shape index (κ1) is 20.9. The first-order valence-corrected chi connectivity index (χ1v) is 10.7. The lowest BCUT2D eigenvalue weighted by Crippen LogP contribution is -2.46. The van der Waals surface area contributed by atoms with Crippen LogP contribution in [0.4, 0.5) is 5.69 Å². The molecule has 3 aromatic rings. The molecule has 0 aromatic heterocycles. The number of amides is 1. The van der Waals surface area contributed by atoms with E-state index in [1.54, 1.807) is 31.4 Å². The van der Waals surface area contributed by atoms with Gasteiger partial charge in [0.2, 0.25) is 0 Å². The van der Waals surface area contributed by atoms with Crippen LogP contribution < -0.4 is 15.0 Å². The van der Waals surface area contributed by atoms with Crippen molar-refractivity contribution in [3.8, 4) is 5.75 Å². The summed E-state index contributed by atoms with van der Waals surface area (Å²) in [5.41, 5.74) is 4.36. The zero-order chi connectivity index (χ0) is 21.5. The Morgan fingerprint density at radius 1 is 0.839 bits per heavy atom. The van der Waals surface area contributed by atoms with Gasteiger partial charge >= 0.3 is 0 Å². The van der Waals surface area contributed by atoms with Crippen LogP contribution in [0, 0.1) is 0 Å². The van der Waals surface area contributed by atoms with E-state index in [1.165, 1.54) is 11.3 Å². The Labute approximate surface area is 184 Å². The lowest BCUT2D eigenvalue weighted by Gasteiger charge is -2.36. The SMILES string of the molecule is COc1ccc(C(=O)NCc2ccccc2CN2CCN(c3ccccc3)CC2)cc1. The molecule has 0 bridgehead atoms. The van der Waals surface area contributed by atoms with E-state index >= 15 is 0 Å². The maximum absolute atomic E-state index is 12.5.